The van der Waals surface area contributed by atoms with Gasteiger partial charge in [0.05, 0.1) is 5.75 Å². The fraction of sp³-hybridized carbons (Fsp3) is 0.435. The normalized spacial score (nSPS) is 18.9. The second-order valence-electron chi connectivity index (χ2n) is 8.22. The van der Waals surface area contributed by atoms with Gasteiger partial charge in [-0.05, 0) is 67.5 Å². The molecule has 1 fully saturated rings. The van der Waals surface area contributed by atoms with Crippen molar-refractivity contribution in [3.63, 3.8) is 0 Å². The molecular formula is C23H29F2N3O3S. The van der Waals surface area contributed by atoms with E-state index in [1.54, 1.807) is 36.2 Å². The summed E-state index contributed by atoms with van der Waals surface area (Å²) < 4.78 is 53.5. The van der Waals surface area contributed by atoms with Crippen molar-refractivity contribution in [1.29, 1.82) is 0 Å². The minimum absolute atomic E-state index is 0.0245. The Morgan fingerprint density at radius 1 is 1.00 bits per heavy atom. The van der Waals surface area contributed by atoms with E-state index in [1.165, 1.54) is 12.1 Å². The Morgan fingerprint density at radius 2 is 1.59 bits per heavy atom. The van der Waals surface area contributed by atoms with Gasteiger partial charge in [0.2, 0.25) is 10.0 Å². The molecule has 174 valence electrons. The Kier molecular flexibility index (Phi) is 7.84. The van der Waals surface area contributed by atoms with E-state index in [9.17, 15) is 22.0 Å². The molecule has 9 heteroatoms. The fourth-order valence-corrected chi connectivity index (χ4v) is 5.41. The SMILES string of the molecule is CCCS(=O)(=O)NC1CCC(N(C)C(=O)Nc2ccc(-c3cc(F)cc(F)c3)cc2)CC1. The minimum Gasteiger partial charge on any atom is -0.325 e. The van der Waals surface area contributed by atoms with Gasteiger partial charge in [0, 0.05) is 30.9 Å². The van der Waals surface area contributed by atoms with Crippen molar-refractivity contribution in [3.05, 3.63) is 54.1 Å². The number of hydrogen-bond donors (Lipinski definition) is 2. The molecule has 0 spiro atoms. The predicted octanol–water partition coefficient (Wildman–Crippen LogP) is 4.74. The van der Waals surface area contributed by atoms with Crippen molar-refractivity contribution in [3.8, 4) is 11.1 Å². The lowest BCUT2D eigenvalue weighted by Gasteiger charge is -2.34. The molecular weight excluding hydrogens is 436 g/mol. The van der Waals surface area contributed by atoms with Crippen LogP contribution in [0.1, 0.15) is 39.0 Å². The Morgan fingerprint density at radius 3 is 2.16 bits per heavy atom. The third-order valence-electron chi connectivity index (χ3n) is 5.72. The van der Waals surface area contributed by atoms with Gasteiger partial charge in [-0.1, -0.05) is 19.1 Å². The first-order chi connectivity index (χ1) is 15.2. The highest BCUT2D eigenvalue weighted by molar-refractivity contribution is 7.89. The van der Waals surface area contributed by atoms with Crippen LogP contribution in [-0.4, -0.2) is 44.2 Å². The topological polar surface area (TPSA) is 78.5 Å². The van der Waals surface area contributed by atoms with Gasteiger partial charge in [-0.15, -0.1) is 0 Å². The molecule has 1 aliphatic rings. The lowest BCUT2D eigenvalue weighted by atomic mass is 9.91. The lowest BCUT2D eigenvalue weighted by molar-refractivity contribution is 0.180. The number of benzene rings is 2. The number of amides is 2. The summed E-state index contributed by atoms with van der Waals surface area (Å²) in [5, 5.41) is 2.83. The van der Waals surface area contributed by atoms with Crippen LogP contribution in [0.3, 0.4) is 0 Å². The Balaban J connectivity index is 1.53. The van der Waals surface area contributed by atoms with E-state index in [4.69, 9.17) is 0 Å². The second kappa shape index (κ2) is 10.4. The Hall–Kier alpha value is -2.52. The number of anilines is 1. The van der Waals surface area contributed by atoms with E-state index in [2.05, 4.69) is 10.0 Å². The van der Waals surface area contributed by atoms with Crippen molar-refractivity contribution in [2.75, 3.05) is 18.1 Å². The fourth-order valence-electron chi connectivity index (χ4n) is 4.01. The van der Waals surface area contributed by atoms with E-state index in [0.29, 0.717) is 48.9 Å². The van der Waals surface area contributed by atoms with E-state index < -0.39 is 21.7 Å². The van der Waals surface area contributed by atoms with E-state index in [0.717, 1.165) is 6.07 Å². The molecule has 0 aliphatic heterocycles. The Bertz CT molecular complexity index is 1020. The van der Waals surface area contributed by atoms with E-state index in [1.807, 2.05) is 6.92 Å². The maximum atomic E-state index is 13.4. The minimum atomic E-state index is -3.24. The van der Waals surface area contributed by atoms with Crippen LogP contribution in [0.15, 0.2) is 42.5 Å². The molecule has 0 bridgehead atoms. The molecule has 0 aromatic heterocycles. The highest BCUT2D eigenvalue weighted by Gasteiger charge is 2.28. The zero-order valence-electron chi connectivity index (χ0n) is 18.3. The number of nitrogens with zero attached hydrogens (tertiary/aromatic N) is 1. The van der Waals surface area contributed by atoms with Crippen LogP contribution in [-0.2, 0) is 10.0 Å². The molecule has 2 amide bonds. The number of carbonyl (C=O) groups excluding carboxylic acids is 1. The van der Waals surface area contributed by atoms with Gasteiger partial charge in [0.15, 0.2) is 0 Å². The number of nitrogens with one attached hydrogen (secondary N) is 2. The van der Waals surface area contributed by atoms with Gasteiger partial charge in [-0.2, -0.15) is 0 Å². The van der Waals surface area contributed by atoms with Crippen LogP contribution in [0.2, 0.25) is 0 Å². The average molecular weight is 466 g/mol. The van der Waals surface area contributed by atoms with Crippen LogP contribution in [0.5, 0.6) is 0 Å². The molecule has 0 radical (unpaired) electrons. The van der Waals surface area contributed by atoms with Crippen molar-refractivity contribution in [1.82, 2.24) is 9.62 Å². The smallest absolute Gasteiger partial charge is 0.321 e. The van der Waals surface area contributed by atoms with Crippen LogP contribution < -0.4 is 10.0 Å². The molecule has 0 saturated heterocycles. The Labute approximate surface area is 188 Å². The molecule has 2 N–H and O–H groups in total. The number of urea groups is 1. The maximum Gasteiger partial charge on any atom is 0.321 e. The summed E-state index contributed by atoms with van der Waals surface area (Å²) in [5.74, 6) is -1.17. The first kappa shape index (κ1) is 24.1. The number of hydrogen-bond acceptors (Lipinski definition) is 3. The summed E-state index contributed by atoms with van der Waals surface area (Å²) in [6.45, 7) is 1.83. The highest BCUT2D eigenvalue weighted by Crippen LogP contribution is 2.25. The molecule has 2 aromatic carbocycles. The number of sulfonamides is 1. The molecule has 1 aliphatic carbocycles. The standard InChI is InChI=1S/C23H29F2N3O3S/c1-3-12-32(30,31)27-21-8-10-22(11-9-21)28(2)23(29)26-20-6-4-16(5-7-20)17-13-18(24)15-19(25)14-17/h4-7,13-15,21-22,27H,3,8-12H2,1-2H3,(H,26,29). The van der Waals surface area contributed by atoms with E-state index in [-0.39, 0.29) is 23.9 Å². The molecule has 0 heterocycles. The summed E-state index contributed by atoms with van der Waals surface area (Å²) in [4.78, 5) is 14.3. The van der Waals surface area contributed by atoms with Gasteiger partial charge in [-0.25, -0.2) is 26.7 Å². The van der Waals surface area contributed by atoms with Crippen LogP contribution in [0.25, 0.3) is 11.1 Å². The maximum absolute atomic E-state index is 13.4. The summed E-state index contributed by atoms with van der Waals surface area (Å²) >= 11 is 0. The molecule has 0 atom stereocenters. The lowest BCUT2D eigenvalue weighted by Crippen LogP contribution is -2.46. The highest BCUT2D eigenvalue weighted by atomic mass is 32.2. The third-order valence-corrected chi connectivity index (χ3v) is 7.35. The second-order valence-corrected chi connectivity index (χ2v) is 10.1. The zero-order valence-corrected chi connectivity index (χ0v) is 19.1. The average Bonchev–Trinajstić information content (AvgIpc) is 2.73. The van der Waals surface area contributed by atoms with Gasteiger partial charge >= 0.3 is 6.03 Å². The number of rotatable bonds is 7. The molecule has 3 rings (SSSR count). The van der Waals surface area contributed by atoms with Crippen LogP contribution in [0, 0.1) is 11.6 Å². The first-order valence-corrected chi connectivity index (χ1v) is 12.4. The van der Waals surface area contributed by atoms with Crippen molar-refractivity contribution >= 4 is 21.7 Å². The molecule has 0 unspecified atom stereocenters. The van der Waals surface area contributed by atoms with Crippen molar-refractivity contribution < 1.29 is 22.0 Å². The summed E-state index contributed by atoms with van der Waals surface area (Å²) in [7, 11) is -1.51. The van der Waals surface area contributed by atoms with Gasteiger partial charge in [-0.3, -0.25) is 0 Å². The number of carbonyl (C=O) groups is 1. The van der Waals surface area contributed by atoms with Crippen LogP contribution in [0.4, 0.5) is 19.3 Å². The molecule has 6 nitrogen and oxygen atoms in total. The van der Waals surface area contributed by atoms with Gasteiger partial charge in [0.1, 0.15) is 11.6 Å². The van der Waals surface area contributed by atoms with Gasteiger partial charge < -0.3 is 10.2 Å². The van der Waals surface area contributed by atoms with Crippen molar-refractivity contribution in [2.45, 2.75) is 51.1 Å². The molecule has 32 heavy (non-hydrogen) atoms. The van der Waals surface area contributed by atoms with Gasteiger partial charge in [0.25, 0.3) is 0 Å². The zero-order chi connectivity index (χ0) is 23.3. The first-order valence-electron chi connectivity index (χ1n) is 10.8. The third kappa shape index (κ3) is 6.49. The quantitative estimate of drug-likeness (QED) is 0.620. The number of halogens is 2. The largest absolute Gasteiger partial charge is 0.325 e. The van der Waals surface area contributed by atoms with E-state index >= 15 is 0 Å². The van der Waals surface area contributed by atoms with Crippen molar-refractivity contribution in [2.24, 2.45) is 0 Å². The van der Waals surface area contributed by atoms with Crippen LogP contribution >= 0.6 is 0 Å². The summed E-state index contributed by atoms with van der Waals surface area (Å²) in [5.41, 5.74) is 1.63. The monoisotopic (exact) mass is 465 g/mol. The summed E-state index contributed by atoms with van der Waals surface area (Å²) in [6, 6.07) is 9.76. The summed E-state index contributed by atoms with van der Waals surface area (Å²) in [6.07, 6.45) is 3.38. The molecule has 2 aromatic rings. The molecule has 1 saturated carbocycles. The predicted molar refractivity (Wildman–Crippen MR) is 122 cm³/mol.